The van der Waals surface area contributed by atoms with Crippen molar-refractivity contribution in [2.75, 3.05) is 33.3 Å². The second-order valence-electron chi connectivity index (χ2n) is 7.81. The first-order valence-electron chi connectivity index (χ1n) is 10.6. The van der Waals surface area contributed by atoms with E-state index in [0.717, 1.165) is 42.0 Å². The molecule has 5 heteroatoms. The van der Waals surface area contributed by atoms with Gasteiger partial charge in [-0.2, -0.15) is 0 Å². The molecule has 1 heterocycles. The Bertz CT molecular complexity index is 999. The highest BCUT2D eigenvalue weighted by Gasteiger charge is 2.28. The van der Waals surface area contributed by atoms with Gasteiger partial charge in [-0.15, -0.1) is 0 Å². The zero-order valence-electron chi connectivity index (χ0n) is 17.7. The van der Waals surface area contributed by atoms with Crippen molar-refractivity contribution >= 4 is 21.8 Å². The first kappa shape index (κ1) is 21.6. The van der Waals surface area contributed by atoms with Gasteiger partial charge in [0.1, 0.15) is 5.75 Å². The number of hydrogen-bond donors (Lipinski definition) is 0. The molecule has 0 radical (unpaired) electrons. The van der Waals surface area contributed by atoms with E-state index in [9.17, 15) is 4.79 Å². The largest absolute Gasteiger partial charge is 0.497 e. The Balaban J connectivity index is 1.45. The van der Waals surface area contributed by atoms with Crippen LogP contribution in [-0.4, -0.2) is 49.0 Å². The average Bonchev–Trinajstić information content (AvgIpc) is 2.82. The summed E-state index contributed by atoms with van der Waals surface area (Å²) in [6.07, 6.45) is 0.409. The second kappa shape index (κ2) is 10.1. The molecule has 1 aliphatic rings. The van der Waals surface area contributed by atoms with Crippen LogP contribution >= 0.6 is 15.9 Å². The van der Waals surface area contributed by atoms with Gasteiger partial charge in [-0.05, 0) is 41.0 Å². The molecule has 0 aromatic heterocycles. The van der Waals surface area contributed by atoms with Gasteiger partial charge < -0.3 is 9.64 Å². The summed E-state index contributed by atoms with van der Waals surface area (Å²) >= 11 is 3.54. The summed E-state index contributed by atoms with van der Waals surface area (Å²) in [5.74, 6) is 0.961. The van der Waals surface area contributed by atoms with Crippen molar-refractivity contribution in [1.82, 2.24) is 9.80 Å². The average molecular weight is 479 g/mol. The highest BCUT2D eigenvalue weighted by molar-refractivity contribution is 9.10. The summed E-state index contributed by atoms with van der Waals surface area (Å²) in [6.45, 7) is 3.17. The normalized spacial score (nSPS) is 15.5. The molecule has 31 heavy (non-hydrogen) atoms. The Labute approximate surface area is 192 Å². The van der Waals surface area contributed by atoms with E-state index in [1.807, 2.05) is 29.2 Å². The number of piperazine rings is 1. The standard InChI is InChI=1S/C26H27BrN2O2/c1-31-24-9-5-6-20(18-24)19-25(30)28-14-16-29(17-15-28)26(21-7-3-2-4-8-21)22-10-12-23(27)13-11-22/h2-13,18,26H,14-17,19H2,1H3/t26-/m0/s1. The number of carbonyl (C=O) groups excluding carboxylic acids is 1. The monoisotopic (exact) mass is 478 g/mol. The molecule has 4 nitrogen and oxygen atoms in total. The molecule has 1 fully saturated rings. The third-order valence-electron chi connectivity index (χ3n) is 5.82. The summed E-state index contributed by atoms with van der Waals surface area (Å²) in [7, 11) is 1.65. The highest BCUT2D eigenvalue weighted by atomic mass is 79.9. The Kier molecular flexibility index (Phi) is 7.05. The molecule has 1 atom stereocenters. The zero-order valence-corrected chi connectivity index (χ0v) is 19.3. The van der Waals surface area contributed by atoms with Gasteiger partial charge in [0.25, 0.3) is 0 Å². The van der Waals surface area contributed by atoms with Crippen LogP contribution in [0.25, 0.3) is 0 Å². The molecular weight excluding hydrogens is 452 g/mol. The molecule has 3 aromatic rings. The number of nitrogens with zero attached hydrogens (tertiary/aromatic N) is 2. The molecule has 4 rings (SSSR count). The number of ether oxygens (including phenoxy) is 1. The first-order chi connectivity index (χ1) is 15.1. The van der Waals surface area contributed by atoms with Gasteiger partial charge in [-0.25, -0.2) is 0 Å². The molecule has 0 spiro atoms. The molecule has 1 amide bonds. The number of hydrogen-bond acceptors (Lipinski definition) is 3. The molecule has 1 saturated heterocycles. The van der Waals surface area contributed by atoms with Gasteiger partial charge in [0, 0.05) is 30.7 Å². The summed E-state index contributed by atoms with van der Waals surface area (Å²) in [5.41, 5.74) is 3.54. The smallest absolute Gasteiger partial charge is 0.227 e. The van der Waals surface area contributed by atoms with E-state index in [-0.39, 0.29) is 11.9 Å². The minimum Gasteiger partial charge on any atom is -0.497 e. The van der Waals surface area contributed by atoms with Crippen molar-refractivity contribution < 1.29 is 9.53 Å². The SMILES string of the molecule is COc1cccc(CC(=O)N2CCN([C@@H](c3ccccc3)c3ccc(Br)cc3)CC2)c1. The van der Waals surface area contributed by atoms with E-state index in [2.05, 4.69) is 75.4 Å². The third-order valence-corrected chi connectivity index (χ3v) is 6.35. The fourth-order valence-corrected chi connectivity index (χ4v) is 4.46. The molecule has 160 valence electrons. The van der Waals surface area contributed by atoms with Crippen LogP contribution in [0.2, 0.25) is 0 Å². The van der Waals surface area contributed by atoms with Crippen molar-refractivity contribution in [3.63, 3.8) is 0 Å². The lowest BCUT2D eigenvalue weighted by Gasteiger charge is -2.40. The maximum atomic E-state index is 12.9. The van der Waals surface area contributed by atoms with Crippen molar-refractivity contribution in [3.05, 3.63) is 100 Å². The Hall–Kier alpha value is -2.63. The molecule has 0 unspecified atom stereocenters. The highest BCUT2D eigenvalue weighted by Crippen LogP contribution is 2.30. The Morgan fingerprint density at radius 1 is 0.903 bits per heavy atom. The lowest BCUT2D eigenvalue weighted by molar-refractivity contribution is -0.132. The topological polar surface area (TPSA) is 32.8 Å². The van der Waals surface area contributed by atoms with Gasteiger partial charge in [0.05, 0.1) is 19.6 Å². The maximum Gasteiger partial charge on any atom is 0.227 e. The minimum atomic E-state index is 0.174. The van der Waals surface area contributed by atoms with Crippen molar-refractivity contribution in [2.45, 2.75) is 12.5 Å². The van der Waals surface area contributed by atoms with Crippen LogP contribution in [0.3, 0.4) is 0 Å². The second-order valence-corrected chi connectivity index (χ2v) is 8.73. The maximum absolute atomic E-state index is 12.9. The quantitative estimate of drug-likeness (QED) is 0.503. The number of rotatable bonds is 6. The molecule has 0 saturated carbocycles. The van der Waals surface area contributed by atoms with Crippen LogP contribution in [0.4, 0.5) is 0 Å². The number of amides is 1. The molecule has 0 bridgehead atoms. The van der Waals surface area contributed by atoms with Crippen LogP contribution in [0.15, 0.2) is 83.3 Å². The van der Waals surface area contributed by atoms with Crippen molar-refractivity contribution in [1.29, 1.82) is 0 Å². The zero-order chi connectivity index (χ0) is 21.6. The number of carbonyl (C=O) groups is 1. The number of benzene rings is 3. The first-order valence-corrected chi connectivity index (χ1v) is 11.4. The van der Waals surface area contributed by atoms with Crippen molar-refractivity contribution in [3.8, 4) is 5.75 Å². The number of methoxy groups -OCH3 is 1. The van der Waals surface area contributed by atoms with E-state index in [1.165, 1.54) is 11.1 Å². The third kappa shape index (κ3) is 5.35. The van der Waals surface area contributed by atoms with Gasteiger partial charge in [-0.1, -0.05) is 70.5 Å². The predicted molar refractivity (Wildman–Crippen MR) is 127 cm³/mol. The van der Waals surface area contributed by atoms with Crippen LogP contribution in [0.5, 0.6) is 5.75 Å². The van der Waals surface area contributed by atoms with E-state index < -0.39 is 0 Å². The lowest BCUT2D eigenvalue weighted by Crippen LogP contribution is -2.50. The Morgan fingerprint density at radius 3 is 2.26 bits per heavy atom. The summed E-state index contributed by atoms with van der Waals surface area (Å²) < 4.78 is 6.36. The molecular formula is C26H27BrN2O2. The van der Waals surface area contributed by atoms with Crippen molar-refractivity contribution in [2.24, 2.45) is 0 Å². The summed E-state index contributed by atoms with van der Waals surface area (Å²) in [4.78, 5) is 17.3. The van der Waals surface area contributed by atoms with Crippen LogP contribution in [0, 0.1) is 0 Å². The molecule has 0 N–H and O–H groups in total. The minimum absolute atomic E-state index is 0.174. The Morgan fingerprint density at radius 2 is 1.58 bits per heavy atom. The van der Waals surface area contributed by atoms with E-state index >= 15 is 0 Å². The number of halogens is 1. The van der Waals surface area contributed by atoms with Gasteiger partial charge in [0.15, 0.2) is 0 Å². The molecule has 3 aromatic carbocycles. The van der Waals surface area contributed by atoms with Crippen LogP contribution in [-0.2, 0) is 11.2 Å². The van der Waals surface area contributed by atoms with Crippen LogP contribution < -0.4 is 4.74 Å². The summed E-state index contributed by atoms with van der Waals surface area (Å²) in [5, 5.41) is 0. The van der Waals surface area contributed by atoms with E-state index in [4.69, 9.17) is 4.74 Å². The fourth-order valence-electron chi connectivity index (χ4n) is 4.19. The van der Waals surface area contributed by atoms with E-state index in [0.29, 0.717) is 6.42 Å². The molecule has 1 aliphatic heterocycles. The fraction of sp³-hybridized carbons (Fsp3) is 0.269. The van der Waals surface area contributed by atoms with Gasteiger partial charge in [-0.3, -0.25) is 9.69 Å². The van der Waals surface area contributed by atoms with Crippen LogP contribution in [0.1, 0.15) is 22.7 Å². The lowest BCUT2D eigenvalue weighted by atomic mass is 9.96. The van der Waals surface area contributed by atoms with Gasteiger partial charge in [0.2, 0.25) is 5.91 Å². The van der Waals surface area contributed by atoms with Gasteiger partial charge >= 0.3 is 0 Å². The molecule has 0 aliphatic carbocycles. The van der Waals surface area contributed by atoms with E-state index in [1.54, 1.807) is 7.11 Å². The summed E-state index contributed by atoms with van der Waals surface area (Å²) in [6, 6.07) is 27.1. The predicted octanol–water partition coefficient (Wildman–Crippen LogP) is 4.93.